The molecule has 1 aromatic heterocycles. The number of rotatable bonds is 2. The minimum Gasteiger partial charge on any atom is -0.480 e. The molecule has 1 aliphatic rings. The van der Waals surface area contributed by atoms with Gasteiger partial charge in [-0.25, -0.2) is 4.98 Å². The van der Waals surface area contributed by atoms with Gasteiger partial charge in [-0.15, -0.1) is 0 Å². The number of ketones is 1. The lowest BCUT2D eigenvalue weighted by Crippen LogP contribution is -2.34. The van der Waals surface area contributed by atoms with Crippen LogP contribution in [0.2, 0.25) is 0 Å². The number of aromatic nitrogens is 2. The largest absolute Gasteiger partial charge is 0.480 e. The van der Waals surface area contributed by atoms with Gasteiger partial charge in [0.2, 0.25) is 11.8 Å². The fraction of sp³-hybridized carbons (Fsp3) is 0.500. The minimum absolute atomic E-state index is 0.306. The van der Waals surface area contributed by atoms with Crippen LogP contribution in [0.15, 0.2) is 10.7 Å². The zero-order chi connectivity index (χ0) is 11.5. The molecule has 1 fully saturated rings. The van der Waals surface area contributed by atoms with Gasteiger partial charge in [0.25, 0.3) is 0 Å². The average Bonchev–Trinajstić information content (AvgIpc) is 2.31. The number of Topliss-reactive ketones (excluding diaryl/α,β-unsaturated/α-hetero) is 1. The summed E-state index contributed by atoms with van der Waals surface area (Å²) in [4.78, 5) is 21.6. The third kappa shape index (κ3) is 2.32. The van der Waals surface area contributed by atoms with Crippen LogP contribution in [0.5, 0.6) is 5.88 Å². The Hall–Kier alpha value is -1.17. The standard InChI is InChI=1S/C10H12BrN3O2/c1-16-9-8(11)6-12-10(13-9)14-4-2-7(15)3-5-14/h6H,2-5H2,1H3. The van der Waals surface area contributed by atoms with Crippen LogP contribution in [0, 0.1) is 0 Å². The molecular weight excluding hydrogens is 274 g/mol. The third-order valence-corrected chi connectivity index (χ3v) is 3.04. The molecule has 5 nitrogen and oxygen atoms in total. The summed E-state index contributed by atoms with van der Waals surface area (Å²) in [5.41, 5.74) is 0. The first-order chi connectivity index (χ1) is 7.70. The predicted molar refractivity (Wildman–Crippen MR) is 62.7 cm³/mol. The van der Waals surface area contributed by atoms with E-state index in [4.69, 9.17) is 4.74 Å². The molecule has 2 heterocycles. The van der Waals surface area contributed by atoms with Crippen molar-refractivity contribution in [2.75, 3.05) is 25.1 Å². The maximum atomic E-state index is 11.1. The normalized spacial score (nSPS) is 16.4. The summed E-state index contributed by atoms with van der Waals surface area (Å²) >= 11 is 3.30. The number of anilines is 1. The van der Waals surface area contributed by atoms with Crippen molar-refractivity contribution in [2.24, 2.45) is 0 Å². The molecule has 6 heteroatoms. The van der Waals surface area contributed by atoms with E-state index in [1.807, 2.05) is 4.90 Å². The summed E-state index contributed by atoms with van der Waals surface area (Å²) in [7, 11) is 1.57. The van der Waals surface area contributed by atoms with Gasteiger partial charge in [0, 0.05) is 25.9 Å². The Kier molecular flexibility index (Phi) is 3.38. The smallest absolute Gasteiger partial charge is 0.232 e. The van der Waals surface area contributed by atoms with Crippen LogP contribution in [-0.4, -0.2) is 36.0 Å². The molecule has 1 aromatic rings. The molecule has 0 bridgehead atoms. The van der Waals surface area contributed by atoms with Crippen LogP contribution in [-0.2, 0) is 4.79 Å². The first kappa shape index (κ1) is 11.3. The summed E-state index contributed by atoms with van der Waals surface area (Å²) in [6.07, 6.45) is 2.81. The number of methoxy groups -OCH3 is 1. The number of ether oxygens (including phenoxy) is 1. The van der Waals surface area contributed by atoms with E-state index in [1.165, 1.54) is 0 Å². The summed E-state index contributed by atoms with van der Waals surface area (Å²) in [6, 6.07) is 0. The molecule has 0 radical (unpaired) electrons. The number of nitrogens with zero attached hydrogens (tertiary/aromatic N) is 3. The molecule has 0 aromatic carbocycles. The lowest BCUT2D eigenvalue weighted by atomic mass is 10.1. The van der Waals surface area contributed by atoms with Gasteiger partial charge in [0.15, 0.2) is 0 Å². The molecule has 86 valence electrons. The number of hydrogen-bond donors (Lipinski definition) is 0. The van der Waals surface area contributed by atoms with Crippen molar-refractivity contribution >= 4 is 27.7 Å². The first-order valence-electron chi connectivity index (χ1n) is 5.04. The maximum absolute atomic E-state index is 11.1. The lowest BCUT2D eigenvalue weighted by molar-refractivity contribution is -0.119. The van der Waals surface area contributed by atoms with Crippen LogP contribution < -0.4 is 9.64 Å². The SMILES string of the molecule is COc1nc(N2CCC(=O)CC2)ncc1Br. The summed E-state index contributed by atoms with van der Waals surface area (Å²) in [5, 5.41) is 0. The van der Waals surface area contributed by atoms with Gasteiger partial charge in [-0.05, 0) is 15.9 Å². The van der Waals surface area contributed by atoms with Crippen LogP contribution in [0.25, 0.3) is 0 Å². The second kappa shape index (κ2) is 4.78. The zero-order valence-corrected chi connectivity index (χ0v) is 10.5. The van der Waals surface area contributed by atoms with Gasteiger partial charge < -0.3 is 9.64 Å². The number of carbonyl (C=O) groups is 1. The van der Waals surface area contributed by atoms with E-state index in [0.29, 0.717) is 43.5 Å². The van der Waals surface area contributed by atoms with Crippen molar-refractivity contribution < 1.29 is 9.53 Å². The quantitative estimate of drug-likeness (QED) is 0.823. The zero-order valence-electron chi connectivity index (χ0n) is 8.94. The molecule has 0 spiro atoms. The Bertz CT molecular complexity index is 401. The van der Waals surface area contributed by atoms with Crippen molar-refractivity contribution in [2.45, 2.75) is 12.8 Å². The van der Waals surface area contributed by atoms with Gasteiger partial charge in [-0.1, -0.05) is 0 Å². The molecule has 0 aliphatic carbocycles. The third-order valence-electron chi connectivity index (χ3n) is 2.50. The summed E-state index contributed by atoms with van der Waals surface area (Å²) in [6.45, 7) is 1.37. The van der Waals surface area contributed by atoms with Gasteiger partial charge in [-0.3, -0.25) is 4.79 Å². The molecule has 0 atom stereocenters. The summed E-state index contributed by atoms with van der Waals surface area (Å²) < 4.78 is 5.83. The predicted octanol–water partition coefficient (Wildman–Crippen LogP) is 1.42. The Morgan fingerprint density at radius 2 is 2.12 bits per heavy atom. The van der Waals surface area contributed by atoms with Gasteiger partial charge in [0.05, 0.1) is 17.8 Å². The number of carbonyl (C=O) groups excluding carboxylic acids is 1. The fourth-order valence-corrected chi connectivity index (χ4v) is 1.95. The molecule has 0 amide bonds. The topological polar surface area (TPSA) is 55.3 Å². The van der Waals surface area contributed by atoms with Crippen molar-refractivity contribution in [3.63, 3.8) is 0 Å². The highest BCUT2D eigenvalue weighted by Crippen LogP contribution is 2.24. The van der Waals surface area contributed by atoms with Crippen molar-refractivity contribution in [1.82, 2.24) is 9.97 Å². The Balaban J connectivity index is 2.17. The number of piperidine rings is 1. The lowest BCUT2D eigenvalue weighted by Gasteiger charge is -2.26. The molecular formula is C10H12BrN3O2. The van der Waals surface area contributed by atoms with Crippen LogP contribution in [0.4, 0.5) is 5.95 Å². The van der Waals surface area contributed by atoms with Crippen molar-refractivity contribution in [3.05, 3.63) is 10.7 Å². The highest BCUT2D eigenvalue weighted by molar-refractivity contribution is 9.10. The Labute approximate surface area is 102 Å². The first-order valence-corrected chi connectivity index (χ1v) is 5.83. The monoisotopic (exact) mass is 285 g/mol. The molecule has 1 aliphatic heterocycles. The van der Waals surface area contributed by atoms with E-state index in [9.17, 15) is 4.79 Å². The van der Waals surface area contributed by atoms with E-state index < -0.39 is 0 Å². The van der Waals surface area contributed by atoms with E-state index in [2.05, 4.69) is 25.9 Å². The Morgan fingerprint density at radius 3 is 2.75 bits per heavy atom. The maximum Gasteiger partial charge on any atom is 0.232 e. The molecule has 0 saturated carbocycles. The van der Waals surface area contributed by atoms with Gasteiger partial charge >= 0.3 is 0 Å². The van der Waals surface area contributed by atoms with Crippen molar-refractivity contribution in [1.29, 1.82) is 0 Å². The van der Waals surface area contributed by atoms with Crippen LogP contribution in [0.1, 0.15) is 12.8 Å². The average molecular weight is 286 g/mol. The second-order valence-electron chi connectivity index (χ2n) is 3.55. The minimum atomic E-state index is 0.306. The molecule has 0 unspecified atom stereocenters. The van der Waals surface area contributed by atoms with E-state index >= 15 is 0 Å². The van der Waals surface area contributed by atoms with Gasteiger partial charge in [0.1, 0.15) is 5.78 Å². The summed E-state index contributed by atoms with van der Waals surface area (Å²) in [5.74, 6) is 1.44. The highest BCUT2D eigenvalue weighted by Gasteiger charge is 2.19. The van der Waals surface area contributed by atoms with Crippen molar-refractivity contribution in [3.8, 4) is 5.88 Å². The van der Waals surface area contributed by atoms with Gasteiger partial charge in [-0.2, -0.15) is 4.98 Å². The highest BCUT2D eigenvalue weighted by atomic mass is 79.9. The second-order valence-corrected chi connectivity index (χ2v) is 4.41. The molecule has 1 saturated heterocycles. The van der Waals surface area contributed by atoms with E-state index in [0.717, 1.165) is 4.47 Å². The molecule has 16 heavy (non-hydrogen) atoms. The number of hydrogen-bond acceptors (Lipinski definition) is 5. The van der Waals surface area contributed by atoms with E-state index in [-0.39, 0.29) is 0 Å². The molecule has 2 rings (SSSR count). The fourth-order valence-electron chi connectivity index (χ4n) is 1.59. The Morgan fingerprint density at radius 1 is 1.44 bits per heavy atom. The van der Waals surface area contributed by atoms with E-state index in [1.54, 1.807) is 13.3 Å². The van der Waals surface area contributed by atoms with Crippen LogP contribution >= 0.6 is 15.9 Å². The molecule has 0 N–H and O–H groups in total. The number of halogens is 1. The van der Waals surface area contributed by atoms with Crippen LogP contribution in [0.3, 0.4) is 0 Å².